The molecule has 0 bridgehead atoms. The predicted octanol–water partition coefficient (Wildman–Crippen LogP) is 3.05. The first-order chi connectivity index (χ1) is 8.33. The van der Waals surface area contributed by atoms with E-state index in [0.717, 1.165) is 3.90 Å². The van der Waals surface area contributed by atoms with Gasteiger partial charge < -0.3 is 0 Å². The van der Waals surface area contributed by atoms with Crippen LogP contribution in [0.25, 0.3) is 0 Å². The summed E-state index contributed by atoms with van der Waals surface area (Å²) < 4.78 is 5.04. The van der Waals surface area contributed by atoms with E-state index in [0.29, 0.717) is 0 Å². The van der Waals surface area contributed by atoms with Crippen LogP contribution in [0.2, 0.25) is 4.44 Å². The quantitative estimate of drug-likeness (QED) is 0.587. The van der Waals surface area contributed by atoms with Crippen molar-refractivity contribution in [3.63, 3.8) is 0 Å². The predicted molar refractivity (Wildman–Crippen MR) is 79.1 cm³/mol. The molecule has 0 N–H and O–H groups in total. The molecule has 2 aromatic carbocycles. The Balaban J connectivity index is 2.54. The maximum absolute atomic E-state index is 6.39. The summed E-state index contributed by atoms with van der Waals surface area (Å²) in [5.74, 6) is 0. The number of benzene rings is 2. The molecule has 2 heteroatoms. The first kappa shape index (κ1) is 13.0. The number of halogens is 1. The molecule has 0 aliphatic rings. The van der Waals surface area contributed by atoms with Crippen molar-refractivity contribution < 1.29 is 0 Å². The van der Waals surface area contributed by atoms with E-state index in [2.05, 4.69) is 67.6 Å². The van der Waals surface area contributed by atoms with Crippen LogP contribution in [-0.4, -0.2) is 22.3 Å². The third-order valence-electron chi connectivity index (χ3n) is 3.48. The average molecular weight is 351 g/mol. The van der Waals surface area contributed by atoms with Gasteiger partial charge in [0.1, 0.15) is 0 Å². The van der Waals surface area contributed by atoms with Gasteiger partial charge in [-0.2, -0.15) is 0 Å². The summed E-state index contributed by atoms with van der Waals surface area (Å²) in [7, 11) is 0. The number of hydrogen-bond acceptors (Lipinski definition) is 0. The third kappa shape index (κ3) is 2.53. The van der Waals surface area contributed by atoms with Crippen LogP contribution >= 0.6 is 11.6 Å². The molecule has 2 aromatic rings. The number of rotatable bonds is 4. The van der Waals surface area contributed by atoms with Crippen LogP contribution in [0.3, 0.4) is 0 Å². The molecule has 0 atom stereocenters. The van der Waals surface area contributed by atoms with Gasteiger partial charge in [-0.25, -0.2) is 0 Å². The first-order valence-electron chi connectivity index (χ1n) is 6.00. The second-order valence-corrected chi connectivity index (χ2v) is 18.3. The maximum atomic E-state index is 6.39. The molecular weight excluding hydrogens is 334 g/mol. The summed E-state index contributed by atoms with van der Waals surface area (Å²) in [6.45, 7) is 2.29. The Morgan fingerprint density at radius 3 is 1.53 bits per heavy atom. The molecule has 0 aliphatic heterocycles. The Kier molecular flexibility index (Phi) is 4.52. The van der Waals surface area contributed by atoms with Gasteiger partial charge in [-0.15, -0.1) is 0 Å². The van der Waals surface area contributed by atoms with Crippen LogP contribution in [0.5, 0.6) is 0 Å². The average Bonchev–Trinajstić information content (AvgIpc) is 2.43. The molecule has 0 unspecified atom stereocenters. The van der Waals surface area contributed by atoms with Crippen LogP contribution in [0.15, 0.2) is 60.7 Å². The molecule has 0 nitrogen and oxygen atoms in total. The Labute approximate surface area is 113 Å². The Bertz CT molecular complexity index is 407. The minimum absolute atomic E-state index is 0.819. The van der Waals surface area contributed by atoms with E-state index in [-0.39, 0.29) is 0 Å². The molecule has 0 amide bonds. The van der Waals surface area contributed by atoms with Crippen molar-refractivity contribution in [3.05, 3.63) is 60.7 Å². The van der Waals surface area contributed by atoms with Crippen molar-refractivity contribution in [1.82, 2.24) is 0 Å². The van der Waals surface area contributed by atoms with Crippen LogP contribution in [-0.2, 0) is 0 Å². The van der Waals surface area contributed by atoms with Gasteiger partial charge in [0.15, 0.2) is 0 Å². The molecule has 0 heterocycles. The Morgan fingerprint density at radius 1 is 0.824 bits per heavy atom. The molecule has 0 saturated heterocycles. The fourth-order valence-corrected chi connectivity index (χ4v) is 15.1. The van der Waals surface area contributed by atoms with Gasteiger partial charge in [0.2, 0.25) is 0 Å². The van der Waals surface area contributed by atoms with E-state index in [4.69, 9.17) is 11.6 Å². The molecule has 0 aliphatic carbocycles. The van der Waals surface area contributed by atoms with Crippen molar-refractivity contribution in [2.75, 3.05) is 3.90 Å². The van der Waals surface area contributed by atoms with Gasteiger partial charge >= 0.3 is 113 Å². The number of hydrogen-bond donors (Lipinski definition) is 0. The van der Waals surface area contributed by atoms with Crippen molar-refractivity contribution in [2.24, 2.45) is 0 Å². The van der Waals surface area contributed by atoms with E-state index in [1.165, 1.54) is 11.6 Å². The van der Waals surface area contributed by atoms with Gasteiger partial charge in [-0.3, -0.25) is 0 Å². The monoisotopic (exact) mass is 352 g/mol. The van der Waals surface area contributed by atoms with Crippen LogP contribution in [0.1, 0.15) is 6.92 Å². The summed E-state index contributed by atoms with van der Waals surface area (Å²) >= 11 is 3.80. The van der Waals surface area contributed by atoms with Gasteiger partial charge in [0.05, 0.1) is 0 Å². The minimum atomic E-state index is -2.58. The first-order valence-corrected chi connectivity index (χ1v) is 13.4. The van der Waals surface area contributed by atoms with Crippen molar-refractivity contribution >= 4 is 37.1 Å². The van der Waals surface area contributed by atoms with Gasteiger partial charge in [0.25, 0.3) is 0 Å². The molecule has 0 spiro atoms. The summed E-state index contributed by atoms with van der Waals surface area (Å²) in [4.78, 5) is 0. The SMILES string of the molecule is C[CH2][Sn]([CH2]Cl)([c]1ccccc1)[c]1ccccc1. The summed E-state index contributed by atoms with van der Waals surface area (Å²) in [6.07, 6.45) is 0. The molecule has 0 saturated carbocycles. The zero-order valence-electron chi connectivity index (χ0n) is 10.1. The Hall–Kier alpha value is -0.471. The molecule has 0 radical (unpaired) electrons. The molecule has 2 rings (SSSR count). The van der Waals surface area contributed by atoms with Crippen molar-refractivity contribution in [3.8, 4) is 0 Å². The second kappa shape index (κ2) is 5.92. The third-order valence-corrected chi connectivity index (χ3v) is 19.5. The Morgan fingerprint density at radius 2 is 1.24 bits per heavy atom. The summed E-state index contributed by atoms with van der Waals surface area (Å²) in [5.41, 5.74) is 0. The zero-order chi connectivity index (χ0) is 12.1. The van der Waals surface area contributed by atoms with Gasteiger partial charge in [-0.05, 0) is 0 Å². The summed E-state index contributed by atoms with van der Waals surface area (Å²) in [6, 6.07) is 21.7. The van der Waals surface area contributed by atoms with E-state index in [1.54, 1.807) is 0 Å². The molecular formula is C15H17ClSn. The standard InChI is InChI=1S/2C6H5.C2H5.CH2Cl.Sn/c2*1-2-4-6-5-3-1;2*1-2;/h2*1-5H;1H2,2H3;1H2;. The van der Waals surface area contributed by atoms with Crippen LogP contribution < -0.4 is 7.16 Å². The van der Waals surface area contributed by atoms with Gasteiger partial charge in [0, 0.05) is 0 Å². The normalized spacial score (nSPS) is 11.4. The van der Waals surface area contributed by atoms with E-state index in [1.807, 2.05) is 0 Å². The van der Waals surface area contributed by atoms with Gasteiger partial charge in [-0.1, -0.05) is 0 Å². The van der Waals surface area contributed by atoms with Crippen LogP contribution in [0.4, 0.5) is 0 Å². The van der Waals surface area contributed by atoms with E-state index < -0.39 is 18.4 Å². The summed E-state index contributed by atoms with van der Waals surface area (Å²) in [5, 5.41) is 0. The molecule has 17 heavy (non-hydrogen) atoms. The molecule has 88 valence electrons. The molecule has 0 fully saturated rings. The topological polar surface area (TPSA) is 0 Å². The van der Waals surface area contributed by atoms with E-state index in [9.17, 15) is 0 Å². The zero-order valence-corrected chi connectivity index (χ0v) is 13.7. The number of alkyl halides is 1. The fraction of sp³-hybridized carbons (Fsp3) is 0.200. The van der Waals surface area contributed by atoms with Crippen molar-refractivity contribution in [2.45, 2.75) is 11.4 Å². The van der Waals surface area contributed by atoms with Crippen LogP contribution in [0, 0.1) is 0 Å². The molecule has 0 aromatic heterocycles. The second-order valence-electron chi connectivity index (χ2n) is 4.30. The fourth-order valence-electron chi connectivity index (χ4n) is 2.34. The van der Waals surface area contributed by atoms with Crippen molar-refractivity contribution in [1.29, 1.82) is 0 Å². The van der Waals surface area contributed by atoms with E-state index >= 15 is 0 Å².